The van der Waals surface area contributed by atoms with Crippen LogP contribution in [0.4, 0.5) is 0 Å². The van der Waals surface area contributed by atoms with Crippen LogP contribution in [0, 0.1) is 0 Å². The quantitative estimate of drug-likeness (QED) is 0.860. The van der Waals surface area contributed by atoms with Crippen molar-refractivity contribution in [2.24, 2.45) is 0 Å². The van der Waals surface area contributed by atoms with Gasteiger partial charge in [-0.3, -0.25) is 0 Å². The van der Waals surface area contributed by atoms with E-state index >= 15 is 0 Å². The molecule has 2 nitrogen and oxygen atoms in total. The van der Waals surface area contributed by atoms with E-state index in [4.69, 9.17) is 5.11 Å². The van der Waals surface area contributed by atoms with Crippen LogP contribution in [0.5, 0.6) is 0 Å². The Kier molecular flexibility index (Phi) is 3.70. The van der Waals surface area contributed by atoms with Gasteiger partial charge in [0.15, 0.2) is 0 Å². The summed E-state index contributed by atoms with van der Waals surface area (Å²) in [5.41, 5.74) is 4.61. The third kappa shape index (κ3) is 2.68. The third-order valence-corrected chi connectivity index (χ3v) is 4.62. The molecule has 0 saturated carbocycles. The van der Waals surface area contributed by atoms with Crippen LogP contribution >= 0.6 is 11.3 Å². The smallest absolute Gasteiger partial charge is 0.328 e. The monoisotopic (exact) mass is 284 g/mol. The van der Waals surface area contributed by atoms with Crippen molar-refractivity contribution >= 4 is 22.9 Å². The van der Waals surface area contributed by atoms with Crippen LogP contribution in [0.1, 0.15) is 34.4 Å². The number of aryl methyl sites for hydroxylation is 2. The van der Waals surface area contributed by atoms with Crippen LogP contribution in [-0.4, -0.2) is 11.1 Å². The molecular weight excluding hydrogens is 268 g/mol. The molecule has 1 aromatic carbocycles. The number of rotatable bonds is 3. The lowest BCUT2D eigenvalue weighted by Gasteiger charge is -2.17. The Morgan fingerprint density at radius 1 is 1.15 bits per heavy atom. The SMILES string of the molecule is O=C(O)/C=C(/c1ccc2c(c1)CCCC2)c1cccs1. The van der Waals surface area contributed by atoms with Crippen molar-refractivity contribution in [1.29, 1.82) is 0 Å². The summed E-state index contributed by atoms with van der Waals surface area (Å²) in [7, 11) is 0. The van der Waals surface area contributed by atoms with E-state index in [2.05, 4.69) is 18.2 Å². The second-order valence-corrected chi connectivity index (χ2v) is 6.01. The van der Waals surface area contributed by atoms with Crippen LogP contribution in [0.25, 0.3) is 5.57 Å². The fraction of sp³-hybridized carbons (Fsp3) is 0.235. The molecule has 1 aliphatic carbocycles. The Morgan fingerprint density at radius 3 is 2.65 bits per heavy atom. The molecule has 0 spiro atoms. The molecule has 1 aromatic heterocycles. The lowest BCUT2D eigenvalue weighted by atomic mass is 9.89. The zero-order chi connectivity index (χ0) is 13.9. The molecule has 0 radical (unpaired) electrons. The van der Waals surface area contributed by atoms with Gasteiger partial charge in [0.25, 0.3) is 0 Å². The molecule has 0 fully saturated rings. The van der Waals surface area contributed by atoms with Crippen molar-refractivity contribution in [3.05, 3.63) is 63.4 Å². The molecule has 0 amide bonds. The normalized spacial score (nSPS) is 14.9. The Balaban J connectivity index is 2.06. The van der Waals surface area contributed by atoms with E-state index in [0.717, 1.165) is 28.9 Å². The van der Waals surface area contributed by atoms with Gasteiger partial charge in [-0.2, -0.15) is 0 Å². The third-order valence-electron chi connectivity index (χ3n) is 3.71. The molecule has 1 aliphatic rings. The fourth-order valence-electron chi connectivity index (χ4n) is 2.75. The minimum absolute atomic E-state index is 0.806. The number of benzene rings is 1. The highest BCUT2D eigenvalue weighted by Gasteiger charge is 2.13. The van der Waals surface area contributed by atoms with E-state index in [9.17, 15) is 4.79 Å². The number of hydrogen-bond donors (Lipinski definition) is 1. The van der Waals surface area contributed by atoms with Crippen LogP contribution in [0.2, 0.25) is 0 Å². The number of hydrogen-bond acceptors (Lipinski definition) is 2. The second kappa shape index (κ2) is 5.63. The molecule has 20 heavy (non-hydrogen) atoms. The van der Waals surface area contributed by atoms with Crippen molar-refractivity contribution in [3.8, 4) is 0 Å². The topological polar surface area (TPSA) is 37.3 Å². The summed E-state index contributed by atoms with van der Waals surface area (Å²) < 4.78 is 0. The van der Waals surface area contributed by atoms with Gasteiger partial charge in [0.05, 0.1) is 0 Å². The molecule has 2 aromatic rings. The summed E-state index contributed by atoms with van der Waals surface area (Å²) in [4.78, 5) is 12.1. The van der Waals surface area contributed by atoms with Crippen molar-refractivity contribution in [1.82, 2.24) is 0 Å². The highest BCUT2D eigenvalue weighted by atomic mass is 32.1. The summed E-state index contributed by atoms with van der Waals surface area (Å²) in [6, 6.07) is 10.3. The van der Waals surface area contributed by atoms with E-state index in [1.165, 1.54) is 30.0 Å². The molecular formula is C17H16O2S. The standard InChI is InChI=1S/C17H16O2S/c18-17(19)11-15(16-6-3-9-20-16)14-8-7-12-4-1-2-5-13(12)10-14/h3,6-11H,1-2,4-5H2,(H,18,19)/b15-11-. The van der Waals surface area contributed by atoms with Gasteiger partial charge in [-0.05, 0) is 53.8 Å². The van der Waals surface area contributed by atoms with E-state index < -0.39 is 5.97 Å². The molecule has 3 rings (SSSR count). The molecule has 0 aliphatic heterocycles. The lowest BCUT2D eigenvalue weighted by Crippen LogP contribution is -2.03. The van der Waals surface area contributed by atoms with Crippen molar-refractivity contribution in [2.45, 2.75) is 25.7 Å². The highest BCUT2D eigenvalue weighted by molar-refractivity contribution is 7.11. The van der Waals surface area contributed by atoms with Crippen LogP contribution < -0.4 is 0 Å². The summed E-state index contributed by atoms with van der Waals surface area (Å²) >= 11 is 1.57. The van der Waals surface area contributed by atoms with Crippen molar-refractivity contribution < 1.29 is 9.90 Å². The predicted octanol–water partition coefficient (Wildman–Crippen LogP) is 4.14. The molecule has 0 bridgehead atoms. The van der Waals surface area contributed by atoms with Crippen LogP contribution in [0.15, 0.2) is 41.8 Å². The minimum atomic E-state index is -0.897. The van der Waals surface area contributed by atoms with Gasteiger partial charge in [-0.15, -0.1) is 11.3 Å². The summed E-state index contributed by atoms with van der Waals surface area (Å²) in [5.74, 6) is -0.897. The molecule has 0 atom stereocenters. The van der Waals surface area contributed by atoms with Crippen molar-refractivity contribution in [2.75, 3.05) is 0 Å². The molecule has 1 heterocycles. The average Bonchev–Trinajstić information content (AvgIpc) is 2.98. The Bertz CT molecular complexity index is 654. The summed E-state index contributed by atoms with van der Waals surface area (Å²) in [5, 5.41) is 11.1. The average molecular weight is 284 g/mol. The van der Waals surface area contributed by atoms with Gasteiger partial charge in [0.2, 0.25) is 0 Å². The zero-order valence-corrected chi connectivity index (χ0v) is 12.0. The number of carboxylic acid groups (broad SMARTS) is 1. The van der Waals surface area contributed by atoms with Gasteiger partial charge < -0.3 is 5.11 Å². The highest BCUT2D eigenvalue weighted by Crippen LogP contribution is 2.30. The molecule has 0 unspecified atom stereocenters. The van der Waals surface area contributed by atoms with Crippen LogP contribution in [-0.2, 0) is 17.6 Å². The van der Waals surface area contributed by atoms with Gasteiger partial charge in [-0.1, -0.05) is 24.3 Å². The van der Waals surface area contributed by atoms with Gasteiger partial charge >= 0.3 is 5.97 Å². The number of fused-ring (bicyclic) bond motifs is 1. The van der Waals surface area contributed by atoms with Gasteiger partial charge in [-0.25, -0.2) is 4.79 Å². The number of carboxylic acids is 1. The van der Waals surface area contributed by atoms with E-state index in [-0.39, 0.29) is 0 Å². The van der Waals surface area contributed by atoms with E-state index in [1.54, 1.807) is 11.3 Å². The first-order chi connectivity index (χ1) is 9.74. The Labute approximate surface area is 122 Å². The Hall–Kier alpha value is -1.87. The Morgan fingerprint density at radius 2 is 1.95 bits per heavy atom. The van der Waals surface area contributed by atoms with Gasteiger partial charge in [0.1, 0.15) is 0 Å². The summed E-state index contributed by atoms with van der Waals surface area (Å²) in [6.45, 7) is 0. The summed E-state index contributed by atoms with van der Waals surface area (Å²) in [6.07, 6.45) is 6.06. The van der Waals surface area contributed by atoms with Crippen molar-refractivity contribution in [3.63, 3.8) is 0 Å². The number of thiophene rings is 1. The largest absolute Gasteiger partial charge is 0.478 e. The first-order valence-electron chi connectivity index (χ1n) is 6.85. The number of carbonyl (C=O) groups is 1. The lowest BCUT2D eigenvalue weighted by molar-refractivity contribution is -0.131. The predicted molar refractivity (Wildman–Crippen MR) is 82.1 cm³/mol. The van der Waals surface area contributed by atoms with Crippen LogP contribution in [0.3, 0.4) is 0 Å². The minimum Gasteiger partial charge on any atom is -0.478 e. The first-order valence-corrected chi connectivity index (χ1v) is 7.73. The van der Waals surface area contributed by atoms with E-state index in [1.807, 2.05) is 17.5 Å². The fourth-order valence-corrected chi connectivity index (χ4v) is 3.52. The first kappa shape index (κ1) is 13.1. The number of aliphatic carboxylic acids is 1. The van der Waals surface area contributed by atoms with E-state index in [0.29, 0.717) is 0 Å². The van der Waals surface area contributed by atoms with Gasteiger partial charge in [0, 0.05) is 16.5 Å². The molecule has 0 saturated heterocycles. The molecule has 1 N–H and O–H groups in total. The molecule has 3 heteroatoms. The molecule has 102 valence electrons. The second-order valence-electron chi connectivity index (χ2n) is 5.06. The maximum Gasteiger partial charge on any atom is 0.328 e. The zero-order valence-electron chi connectivity index (χ0n) is 11.1. The maximum absolute atomic E-state index is 11.1. The maximum atomic E-state index is 11.1.